The molecule has 0 radical (unpaired) electrons. The molecule has 14 heavy (non-hydrogen) atoms. The monoisotopic (exact) mass is 192 g/mol. The molecule has 0 atom stereocenters. The first-order valence-corrected chi connectivity index (χ1v) is 4.46. The fraction of sp³-hybridized carbons (Fsp3) is 0.300. The van der Waals surface area contributed by atoms with Gasteiger partial charge in [-0.1, -0.05) is 0 Å². The first kappa shape index (κ1) is 9.02. The van der Waals surface area contributed by atoms with Gasteiger partial charge in [0, 0.05) is 12.4 Å². The molecule has 0 aliphatic heterocycles. The Bertz CT molecular complexity index is 417. The van der Waals surface area contributed by atoms with Crippen LogP contribution in [0.4, 0.5) is 0 Å². The van der Waals surface area contributed by atoms with Crippen molar-refractivity contribution in [1.82, 2.24) is 9.55 Å². The van der Waals surface area contributed by atoms with Crippen molar-refractivity contribution < 1.29 is 9.52 Å². The summed E-state index contributed by atoms with van der Waals surface area (Å²) < 4.78 is 7.35. The highest BCUT2D eigenvalue weighted by molar-refractivity contribution is 5.07. The Morgan fingerprint density at radius 1 is 1.43 bits per heavy atom. The highest BCUT2D eigenvalue weighted by Crippen LogP contribution is 2.10. The molecule has 0 fully saturated rings. The smallest absolute Gasteiger partial charge is 0.129 e. The zero-order valence-electron chi connectivity index (χ0n) is 7.97. The molecule has 0 amide bonds. The van der Waals surface area contributed by atoms with Gasteiger partial charge in [0.15, 0.2) is 0 Å². The predicted octanol–water partition coefficient (Wildman–Crippen LogP) is 1.33. The van der Waals surface area contributed by atoms with Crippen LogP contribution < -0.4 is 0 Å². The quantitative estimate of drug-likeness (QED) is 0.798. The Balaban J connectivity index is 2.15. The number of aliphatic hydroxyl groups is 1. The van der Waals surface area contributed by atoms with Gasteiger partial charge in [0.1, 0.15) is 24.0 Å². The van der Waals surface area contributed by atoms with E-state index in [9.17, 15) is 0 Å². The van der Waals surface area contributed by atoms with Gasteiger partial charge in [-0.2, -0.15) is 0 Å². The lowest BCUT2D eigenvalue weighted by Gasteiger charge is -2.01. The summed E-state index contributed by atoms with van der Waals surface area (Å²) in [5.74, 6) is 2.37. The third-order valence-electron chi connectivity index (χ3n) is 2.12. The van der Waals surface area contributed by atoms with Crippen LogP contribution in [0.25, 0.3) is 0 Å². The second-order valence-electron chi connectivity index (χ2n) is 3.13. The van der Waals surface area contributed by atoms with Gasteiger partial charge in [0.05, 0.1) is 6.54 Å². The summed E-state index contributed by atoms with van der Waals surface area (Å²) in [6.07, 6.45) is 3.65. The van der Waals surface area contributed by atoms with Gasteiger partial charge in [-0.05, 0) is 19.1 Å². The van der Waals surface area contributed by atoms with Crippen LogP contribution in [0.3, 0.4) is 0 Å². The largest absolute Gasteiger partial charge is 0.462 e. The number of nitrogens with zero attached hydrogens (tertiary/aromatic N) is 2. The van der Waals surface area contributed by atoms with Crippen LogP contribution in [0.1, 0.15) is 17.3 Å². The molecule has 0 saturated carbocycles. The molecule has 0 saturated heterocycles. The minimum absolute atomic E-state index is 0.0527. The Morgan fingerprint density at radius 3 is 2.79 bits per heavy atom. The Kier molecular flexibility index (Phi) is 2.37. The molecule has 4 heteroatoms. The van der Waals surface area contributed by atoms with Crippen LogP contribution >= 0.6 is 0 Å². The molecule has 74 valence electrons. The van der Waals surface area contributed by atoms with Crippen molar-refractivity contribution >= 4 is 0 Å². The van der Waals surface area contributed by atoms with Gasteiger partial charge in [-0.25, -0.2) is 4.98 Å². The number of aryl methyl sites for hydroxylation is 1. The van der Waals surface area contributed by atoms with E-state index in [1.54, 1.807) is 12.3 Å². The van der Waals surface area contributed by atoms with Gasteiger partial charge in [0.2, 0.25) is 0 Å². The third kappa shape index (κ3) is 1.70. The molecule has 0 unspecified atom stereocenters. The van der Waals surface area contributed by atoms with E-state index in [4.69, 9.17) is 9.52 Å². The van der Waals surface area contributed by atoms with E-state index >= 15 is 0 Å². The average Bonchev–Trinajstić information content (AvgIpc) is 2.77. The van der Waals surface area contributed by atoms with Crippen LogP contribution in [0.15, 0.2) is 28.9 Å². The SMILES string of the molecule is Cc1nccn1Cc1ccc(CO)o1. The van der Waals surface area contributed by atoms with E-state index in [2.05, 4.69) is 4.98 Å². The zero-order chi connectivity index (χ0) is 9.97. The summed E-state index contributed by atoms with van der Waals surface area (Å²) in [6, 6.07) is 3.65. The lowest BCUT2D eigenvalue weighted by Crippen LogP contribution is -1.99. The van der Waals surface area contributed by atoms with E-state index in [1.807, 2.05) is 23.8 Å². The van der Waals surface area contributed by atoms with Crippen molar-refractivity contribution in [2.75, 3.05) is 0 Å². The Labute approximate surface area is 81.8 Å². The molecule has 0 spiro atoms. The zero-order valence-corrected chi connectivity index (χ0v) is 7.97. The maximum absolute atomic E-state index is 8.82. The van der Waals surface area contributed by atoms with Crippen LogP contribution in [0.5, 0.6) is 0 Å². The highest BCUT2D eigenvalue weighted by atomic mass is 16.4. The fourth-order valence-corrected chi connectivity index (χ4v) is 1.33. The van der Waals surface area contributed by atoms with E-state index < -0.39 is 0 Å². The lowest BCUT2D eigenvalue weighted by atomic mass is 10.4. The number of aromatic nitrogens is 2. The molecule has 1 N–H and O–H groups in total. The molecule has 2 heterocycles. The van der Waals surface area contributed by atoms with Gasteiger partial charge in [-0.15, -0.1) is 0 Å². The van der Waals surface area contributed by atoms with Gasteiger partial charge < -0.3 is 14.1 Å². The molecule has 0 aliphatic carbocycles. The molecule has 4 nitrogen and oxygen atoms in total. The van der Waals surface area contributed by atoms with E-state index in [0.29, 0.717) is 12.3 Å². The van der Waals surface area contributed by atoms with Crippen LogP contribution in [0.2, 0.25) is 0 Å². The normalized spacial score (nSPS) is 10.7. The standard InChI is InChI=1S/C10H12N2O2/c1-8-11-4-5-12(8)6-9-2-3-10(7-13)14-9/h2-5,13H,6-7H2,1H3. The molecule has 2 aromatic heterocycles. The molecular weight excluding hydrogens is 180 g/mol. The van der Waals surface area contributed by atoms with E-state index in [0.717, 1.165) is 11.6 Å². The maximum atomic E-state index is 8.82. The number of hydrogen-bond acceptors (Lipinski definition) is 3. The van der Waals surface area contributed by atoms with Crippen molar-refractivity contribution in [1.29, 1.82) is 0 Å². The van der Waals surface area contributed by atoms with Gasteiger partial charge in [-0.3, -0.25) is 0 Å². The van der Waals surface area contributed by atoms with Crippen molar-refractivity contribution in [2.24, 2.45) is 0 Å². The number of rotatable bonds is 3. The van der Waals surface area contributed by atoms with Crippen molar-refractivity contribution in [3.63, 3.8) is 0 Å². The number of furan rings is 1. The minimum atomic E-state index is -0.0527. The summed E-state index contributed by atoms with van der Waals surface area (Å²) >= 11 is 0. The molecular formula is C10H12N2O2. The second kappa shape index (κ2) is 3.67. The minimum Gasteiger partial charge on any atom is -0.462 e. The molecule has 2 rings (SSSR count). The van der Waals surface area contributed by atoms with Crippen molar-refractivity contribution in [2.45, 2.75) is 20.1 Å². The summed E-state index contributed by atoms with van der Waals surface area (Å²) in [7, 11) is 0. The topological polar surface area (TPSA) is 51.2 Å². The summed E-state index contributed by atoms with van der Waals surface area (Å²) in [6.45, 7) is 2.55. The van der Waals surface area contributed by atoms with Crippen LogP contribution in [0, 0.1) is 6.92 Å². The first-order chi connectivity index (χ1) is 6.79. The number of imidazole rings is 1. The van der Waals surface area contributed by atoms with Crippen LogP contribution in [-0.2, 0) is 13.2 Å². The summed E-state index contributed by atoms with van der Waals surface area (Å²) in [5, 5.41) is 8.82. The number of aliphatic hydroxyl groups excluding tert-OH is 1. The maximum Gasteiger partial charge on any atom is 0.129 e. The lowest BCUT2D eigenvalue weighted by molar-refractivity contribution is 0.243. The molecule has 0 bridgehead atoms. The van der Waals surface area contributed by atoms with E-state index in [-0.39, 0.29) is 6.61 Å². The fourth-order valence-electron chi connectivity index (χ4n) is 1.33. The predicted molar refractivity (Wildman–Crippen MR) is 50.7 cm³/mol. The van der Waals surface area contributed by atoms with Crippen molar-refractivity contribution in [3.8, 4) is 0 Å². The summed E-state index contributed by atoms with van der Waals surface area (Å²) in [5.41, 5.74) is 0. The van der Waals surface area contributed by atoms with Gasteiger partial charge >= 0.3 is 0 Å². The molecule has 0 aromatic carbocycles. The Hall–Kier alpha value is -1.55. The third-order valence-corrected chi connectivity index (χ3v) is 2.12. The Morgan fingerprint density at radius 2 is 2.21 bits per heavy atom. The van der Waals surface area contributed by atoms with Crippen LogP contribution in [-0.4, -0.2) is 14.7 Å². The highest BCUT2D eigenvalue weighted by Gasteiger charge is 2.03. The van der Waals surface area contributed by atoms with E-state index in [1.165, 1.54) is 0 Å². The number of hydrogen-bond donors (Lipinski definition) is 1. The second-order valence-corrected chi connectivity index (χ2v) is 3.13. The molecule has 2 aromatic rings. The average molecular weight is 192 g/mol. The van der Waals surface area contributed by atoms with Crippen molar-refractivity contribution in [3.05, 3.63) is 41.9 Å². The van der Waals surface area contributed by atoms with Gasteiger partial charge in [0.25, 0.3) is 0 Å². The first-order valence-electron chi connectivity index (χ1n) is 4.46. The summed E-state index contributed by atoms with van der Waals surface area (Å²) in [4.78, 5) is 4.11. The molecule has 0 aliphatic rings.